The van der Waals surface area contributed by atoms with Crippen molar-refractivity contribution >= 4 is 17.3 Å². The second-order valence-electron chi connectivity index (χ2n) is 6.35. The average molecular weight is 328 g/mol. The molecule has 0 radical (unpaired) electrons. The van der Waals surface area contributed by atoms with Crippen LogP contribution in [0.4, 0.5) is 11.4 Å². The molecule has 3 nitrogen and oxygen atoms in total. The quantitative estimate of drug-likeness (QED) is 0.747. The van der Waals surface area contributed by atoms with E-state index in [9.17, 15) is 4.79 Å². The summed E-state index contributed by atoms with van der Waals surface area (Å²) in [5, 5.41) is 1.94. The van der Waals surface area contributed by atoms with Gasteiger partial charge in [-0.05, 0) is 54.7 Å². The lowest BCUT2D eigenvalue weighted by Gasteiger charge is -2.27. The van der Waals surface area contributed by atoms with E-state index in [0.717, 1.165) is 29.8 Å². The third kappa shape index (κ3) is 2.89. The lowest BCUT2D eigenvalue weighted by molar-refractivity contribution is 0.0953. The first kappa shape index (κ1) is 15.5. The van der Waals surface area contributed by atoms with Crippen molar-refractivity contribution in [3.63, 3.8) is 0 Å². The lowest BCUT2D eigenvalue weighted by Crippen LogP contribution is -2.39. The van der Waals surface area contributed by atoms with E-state index < -0.39 is 0 Å². The van der Waals surface area contributed by atoms with Gasteiger partial charge < -0.3 is 0 Å². The van der Waals surface area contributed by atoms with E-state index in [4.69, 9.17) is 0 Å². The molecule has 0 spiro atoms. The predicted molar refractivity (Wildman–Crippen MR) is 101 cm³/mol. The van der Waals surface area contributed by atoms with E-state index in [2.05, 4.69) is 41.8 Å². The summed E-state index contributed by atoms with van der Waals surface area (Å²) in [6.07, 6.45) is 1.92. The third-order valence-corrected chi connectivity index (χ3v) is 4.73. The van der Waals surface area contributed by atoms with Crippen molar-refractivity contribution in [1.29, 1.82) is 0 Å². The molecule has 1 aliphatic rings. The van der Waals surface area contributed by atoms with Gasteiger partial charge in [0, 0.05) is 5.56 Å². The number of carbonyl (C=O) groups is 1. The molecular weight excluding hydrogens is 308 g/mol. The number of nitrogens with one attached hydrogen (secondary N) is 1. The zero-order valence-electron chi connectivity index (χ0n) is 14.2. The highest BCUT2D eigenvalue weighted by Crippen LogP contribution is 2.34. The van der Waals surface area contributed by atoms with Gasteiger partial charge in [-0.1, -0.05) is 54.6 Å². The molecule has 3 aromatic carbocycles. The Balaban J connectivity index is 1.78. The molecule has 0 aliphatic carbocycles. The van der Waals surface area contributed by atoms with Gasteiger partial charge in [-0.2, -0.15) is 0 Å². The molecule has 0 unspecified atom stereocenters. The van der Waals surface area contributed by atoms with Crippen LogP contribution in [0.5, 0.6) is 0 Å². The van der Waals surface area contributed by atoms with Gasteiger partial charge in [-0.25, -0.2) is 0 Å². The number of hydrogen-bond donors (Lipinski definition) is 1. The molecule has 1 heterocycles. The Morgan fingerprint density at radius 3 is 1.92 bits per heavy atom. The van der Waals surface area contributed by atoms with Gasteiger partial charge in [0.1, 0.15) is 0 Å². The number of nitrogens with zero attached hydrogens (tertiary/aromatic N) is 1. The minimum absolute atomic E-state index is 0.0930. The maximum atomic E-state index is 12.9. The van der Waals surface area contributed by atoms with E-state index in [-0.39, 0.29) is 5.91 Å². The van der Waals surface area contributed by atoms with Crippen LogP contribution in [0.2, 0.25) is 0 Å². The summed E-state index contributed by atoms with van der Waals surface area (Å²) in [5.41, 5.74) is 9.34. The van der Waals surface area contributed by atoms with E-state index in [1.54, 1.807) is 0 Å². The molecule has 0 fully saturated rings. The van der Waals surface area contributed by atoms with Gasteiger partial charge in [-0.3, -0.25) is 15.2 Å². The van der Waals surface area contributed by atoms with Crippen molar-refractivity contribution < 1.29 is 4.79 Å². The summed E-state index contributed by atoms with van der Waals surface area (Å²) in [5.74, 6) is -0.0930. The van der Waals surface area contributed by atoms with Crippen LogP contribution >= 0.6 is 0 Å². The zero-order valence-corrected chi connectivity index (χ0v) is 14.2. The number of amides is 1. The number of rotatable bonds is 2. The van der Waals surface area contributed by atoms with Crippen LogP contribution in [0, 0.1) is 6.92 Å². The molecule has 3 heteroatoms. The minimum atomic E-state index is -0.0930. The Morgan fingerprint density at radius 2 is 1.32 bits per heavy atom. The number of anilines is 2. The maximum absolute atomic E-state index is 12.9. The molecular formula is C22H20N2O. The van der Waals surface area contributed by atoms with Gasteiger partial charge in [0.25, 0.3) is 5.91 Å². The Bertz CT molecular complexity index is 885. The van der Waals surface area contributed by atoms with Gasteiger partial charge in [-0.15, -0.1) is 0 Å². The normalized spacial score (nSPS) is 12.8. The Hall–Kier alpha value is -3.07. The largest absolute Gasteiger partial charge is 0.270 e. The first-order valence-electron chi connectivity index (χ1n) is 8.56. The topological polar surface area (TPSA) is 32.3 Å². The average Bonchev–Trinajstić information content (AvgIpc) is 2.80. The molecule has 0 saturated carbocycles. The number of fused-ring (bicyclic) bond motifs is 2. The minimum Gasteiger partial charge on any atom is -0.267 e. The van der Waals surface area contributed by atoms with Crippen LogP contribution in [0.3, 0.4) is 0 Å². The molecule has 25 heavy (non-hydrogen) atoms. The third-order valence-electron chi connectivity index (χ3n) is 4.73. The second kappa shape index (κ2) is 6.44. The van der Waals surface area contributed by atoms with E-state index in [1.165, 1.54) is 11.1 Å². The van der Waals surface area contributed by atoms with Crippen molar-refractivity contribution in [2.75, 3.05) is 5.01 Å². The molecule has 124 valence electrons. The molecule has 0 bridgehead atoms. The molecule has 1 aliphatic heterocycles. The SMILES string of the molecule is Cc1ccccc1C(=O)NN1c2ccccc2CCc2ccccc21. The fourth-order valence-corrected chi connectivity index (χ4v) is 3.39. The van der Waals surface area contributed by atoms with Crippen molar-refractivity contribution in [3.05, 3.63) is 95.1 Å². The standard InChI is InChI=1S/C22H20N2O/c1-16-8-2-5-11-19(16)22(25)23-24-20-12-6-3-9-17(20)14-15-18-10-4-7-13-21(18)24/h2-13H,14-15H2,1H3,(H,23,25). The number of benzene rings is 3. The van der Waals surface area contributed by atoms with Crippen molar-refractivity contribution in [2.45, 2.75) is 19.8 Å². The lowest BCUT2D eigenvalue weighted by atomic mass is 10.0. The Labute approximate surface area is 147 Å². The fraction of sp³-hybridized carbons (Fsp3) is 0.136. The van der Waals surface area contributed by atoms with Gasteiger partial charge in [0.05, 0.1) is 11.4 Å². The predicted octanol–water partition coefficient (Wildman–Crippen LogP) is 4.58. The van der Waals surface area contributed by atoms with Crippen LogP contribution in [0.25, 0.3) is 0 Å². The Morgan fingerprint density at radius 1 is 0.800 bits per heavy atom. The molecule has 1 amide bonds. The summed E-state index contributed by atoms with van der Waals surface area (Å²) in [6.45, 7) is 1.96. The number of para-hydroxylation sites is 2. The molecule has 4 rings (SSSR count). The molecule has 3 aromatic rings. The monoisotopic (exact) mass is 328 g/mol. The smallest absolute Gasteiger partial charge is 0.267 e. The zero-order chi connectivity index (χ0) is 17.2. The highest BCUT2D eigenvalue weighted by molar-refractivity contribution is 5.97. The summed E-state index contributed by atoms with van der Waals surface area (Å²) in [7, 11) is 0. The first-order valence-corrected chi connectivity index (χ1v) is 8.56. The summed E-state index contributed by atoms with van der Waals surface area (Å²) in [4.78, 5) is 12.9. The van der Waals surface area contributed by atoms with Crippen LogP contribution in [0.15, 0.2) is 72.8 Å². The van der Waals surface area contributed by atoms with Crippen LogP contribution in [-0.2, 0) is 12.8 Å². The van der Waals surface area contributed by atoms with Gasteiger partial charge in [0.15, 0.2) is 0 Å². The molecule has 1 N–H and O–H groups in total. The van der Waals surface area contributed by atoms with Crippen LogP contribution in [-0.4, -0.2) is 5.91 Å². The second-order valence-corrected chi connectivity index (χ2v) is 6.35. The molecule has 0 atom stereocenters. The van der Waals surface area contributed by atoms with Crippen molar-refractivity contribution in [3.8, 4) is 0 Å². The number of hydrogen-bond acceptors (Lipinski definition) is 2. The maximum Gasteiger partial charge on any atom is 0.270 e. The van der Waals surface area contributed by atoms with Gasteiger partial charge >= 0.3 is 0 Å². The summed E-state index contributed by atoms with van der Waals surface area (Å²) >= 11 is 0. The number of hydrazine groups is 1. The van der Waals surface area contributed by atoms with E-state index in [1.807, 2.05) is 48.3 Å². The highest BCUT2D eigenvalue weighted by Gasteiger charge is 2.22. The van der Waals surface area contributed by atoms with Crippen molar-refractivity contribution in [1.82, 2.24) is 5.43 Å². The van der Waals surface area contributed by atoms with E-state index >= 15 is 0 Å². The highest BCUT2D eigenvalue weighted by atomic mass is 16.2. The molecule has 0 saturated heterocycles. The van der Waals surface area contributed by atoms with Crippen molar-refractivity contribution in [2.24, 2.45) is 0 Å². The number of carbonyl (C=O) groups excluding carboxylic acids is 1. The van der Waals surface area contributed by atoms with Crippen LogP contribution < -0.4 is 10.4 Å². The molecule has 0 aromatic heterocycles. The van der Waals surface area contributed by atoms with E-state index in [0.29, 0.717) is 5.56 Å². The fourth-order valence-electron chi connectivity index (χ4n) is 3.39. The van der Waals surface area contributed by atoms with Gasteiger partial charge in [0.2, 0.25) is 0 Å². The first-order chi connectivity index (χ1) is 12.2. The summed E-state index contributed by atoms with van der Waals surface area (Å²) in [6, 6.07) is 24.2. The van der Waals surface area contributed by atoms with Crippen LogP contribution in [0.1, 0.15) is 27.0 Å². The Kier molecular flexibility index (Phi) is 3.98. The summed E-state index contributed by atoms with van der Waals surface area (Å²) < 4.78 is 0. The number of aryl methyl sites for hydroxylation is 3.